The van der Waals surface area contributed by atoms with Crippen LogP contribution in [-0.4, -0.2) is 51.6 Å². The average molecular weight is 335 g/mol. The van der Waals surface area contributed by atoms with E-state index in [4.69, 9.17) is 0 Å². The molecule has 0 bridgehead atoms. The van der Waals surface area contributed by atoms with Gasteiger partial charge in [0.15, 0.2) is 0 Å². The summed E-state index contributed by atoms with van der Waals surface area (Å²) < 4.78 is 1.64. The molecule has 2 aromatic heterocycles. The van der Waals surface area contributed by atoms with Gasteiger partial charge in [0.2, 0.25) is 0 Å². The molecule has 1 saturated heterocycles. The fourth-order valence-electron chi connectivity index (χ4n) is 3.36. The lowest BCUT2D eigenvalue weighted by Gasteiger charge is -2.36. The quantitative estimate of drug-likeness (QED) is 0.723. The lowest BCUT2D eigenvalue weighted by atomic mass is 10.2. The summed E-state index contributed by atoms with van der Waals surface area (Å²) in [7, 11) is 0. The molecule has 0 atom stereocenters. The van der Waals surface area contributed by atoms with Gasteiger partial charge >= 0.3 is 6.03 Å². The molecular formula is C19H21N5O. The van der Waals surface area contributed by atoms with Gasteiger partial charge in [-0.3, -0.25) is 4.57 Å². The number of piperazine rings is 1. The standard InChI is InChI=1S/C19H21N5O/c1-2-15-6-5-9-20-18(15)22-10-12-23(13-11-22)19(25)24-14-21-16-7-3-4-8-17(16)24/h3-9,14H,2,10-13H2,1H3. The first kappa shape index (κ1) is 15.6. The predicted molar refractivity (Wildman–Crippen MR) is 97.9 cm³/mol. The predicted octanol–water partition coefficient (Wildman–Crippen LogP) is 2.78. The van der Waals surface area contributed by atoms with E-state index in [9.17, 15) is 4.79 Å². The van der Waals surface area contributed by atoms with Crippen molar-refractivity contribution in [3.8, 4) is 0 Å². The van der Waals surface area contributed by atoms with Gasteiger partial charge < -0.3 is 9.80 Å². The van der Waals surface area contributed by atoms with E-state index >= 15 is 0 Å². The van der Waals surface area contributed by atoms with E-state index in [1.54, 1.807) is 10.9 Å². The Hall–Kier alpha value is -2.89. The van der Waals surface area contributed by atoms with Gasteiger partial charge in [-0.15, -0.1) is 0 Å². The Morgan fingerprint density at radius 1 is 1.04 bits per heavy atom. The van der Waals surface area contributed by atoms with Gasteiger partial charge in [-0.05, 0) is 30.2 Å². The molecule has 0 spiro atoms. The van der Waals surface area contributed by atoms with Crippen LogP contribution in [0, 0.1) is 0 Å². The van der Waals surface area contributed by atoms with Crippen molar-refractivity contribution in [2.75, 3.05) is 31.1 Å². The molecule has 0 N–H and O–H groups in total. The van der Waals surface area contributed by atoms with Gasteiger partial charge in [0.25, 0.3) is 0 Å². The topological polar surface area (TPSA) is 54.3 Å². The van der Waals surface area contributed by atoms with Crippen LogP contribution in [0.15, 0.2) is 48.9 Å². The largest absolute Gasteiger partial charge is 0.353 e. The highest BCUT2D eigenvalue weighted by Crippen LogP contribution is 2.20. The second-order valence-corrected chi connectivity index (χ2v) is 6.20. The summed E-state index contributed by atoms with van der Waals surface area (Å²) in [6.07, 6.45) is 4.42. The molecule has 1 aliphatic heterocycles. The van der Waals surface area contributed by atoms with Crippen molar-refractivity contribution < 1.29 is 4.79 Å². The Morgan fingerprint density at radius 3 is 2.64 bits per heavy atom. The van der Waals surface area contributed by atoms with Crippen LogP contribution in [0.5, 0.6) is 0 Å². The van der Waals surface area contributed by atoms with Gasteiger partial charge in [0.05, 0.1) is 11.0 Å². The summed E-state index contributed by atoms with van der Waals surface area (Å²) in [6.45, 7) is 5.10. The Labute approximate surface area is 146 Å². The maximum absolute atomic E-state index is 12.9. The number of pyridine rings is 1. The Morgan fingerprint density at radius 2 is 1.84 bits per heavy atom. The van der Waals surface area contributed by atoms with Gasteiger partial charge in [0.1, 0.15) is 12.1 Å². The molecule has 6 nitrogen and oxygen atoms in total. The Kier molecular flexibility index (Phi) is 4.09. The number of nitrogens with zero attached hydrogens (tertiary/aromatic N) is 5. The van der Waals surface area contributed by atoms with Crippen molar-refractivity contribution in [3.05, 3.63) is 54.5 Å². The van der Waals surface area contributed by atoms with Crippen LogP contribution in [0.3, 0.4) is 0 Å². The smallest absolute Gasteiger partial charge is 0.330 e. The van der Waals surface area contributed by atoms with Crippen LogP contribution in [0.1, 0.15) is 12.5 Å². The minimum atomic E-state index is -0.00918. The zero-order valence-electron chi connectivity index (χ0n) is 14.3. The van der Waals surface area contributed by atoms with Crippen LogP contribution >= 0.6 is 0 Å². The van der Waals surface area contributed by atoms with E-state index in [0.717, 1.165) is 36.4 Å². The molecular weight excluding hydrogens is 314 g/mol. The van der Waals surface area contributed by atoms with Crippen molar-refractivity contribution in [3.63, 3.8) is 0 Å². The van der Waals surface area contributed by atoms with Crippen LogP contribution in [0.2, 0.25) is 0 Å². The fraction of sp³-hybridized carbons (Fsp3) is 0.316. The monoisotopic (exact) mass is 335 g/mol. The Bertz CT molecular complexity index is 895. The molecule has 128 valence electrons. The highest BCUT2D eigenvalue weighted by Gasteiger charge is 2.24. The minimum absolute atomic E-state index is 0.00918. The number of para-hydroxylation sites is 2. The number of carbonyl (C=O) groups is 1. The molecule has 0 radical (unpaired) electrons. The summed E-state index contributed by atoms with van der Waals surface area (Å²) in [4.78, 5) is 25.9. The van der Waals surface area contributed by atoms with Crippen LogP contribution < -0.4 is 4.90 Å². The summed E-state index contributed by atoms with van der Waals surface area (Å²) in [5, 5.41) is 0. The van der Waals surface area contributed by atoms with E-state index in [-0.39, 0.29) is 6.03 Å². The lowest BCUT2D eigenvalue weighted by Crippen LogP contribution is -2.50. The lowest BCUT2D eigenvalue weighted by molar-refractivity contribution is 0.197. The molecule has 0 unspecified atom stereocenters. The minimum Gasteiger partial charge on any atom is -0.353 e. The summed E-state index contributed by atoms with van der Waals surface area (Å²) >= 11 is 0. The summed E-state index contributed by atoms with van der Waals surface area (Å²) in [6, 6.07) is 11.8. The van der Waals surface area contributed by atoms with Gasteiger partial charge in [-0.1, -0.05) is 25.1 Å². The SMILES string of the molecule is CCc1cccnc1N1CCN(C(=O)n2cnc3ccccc32)CC1. The van der Waals surface area contributed by atoms with Crippen LogP contribution in [0.25, 0.3) is 11.0 Å². The van der Waals surface area contributed by atoms with Gasteiger partial charge in [0, 0.05) is 32.4 Å². The molecule has 1 aromatic carbocycles. The van der Waals surface area contributed by atoms with E-state index < -0.39 is 0 Å². The number of aromatic nitrogens is 3. The molecule has 1 amide bonds. The third-order valence-corrected chi connectivity index (χ3v) is 4.76. The van der Waals surface area contributed by atoms with Crippen LogP contribution in [-0.2, 0) is 6.42 Å². The number of rotatable bonds is 2. The highest BCUT2D eigenvalue weighted by molar-refractivity contribution is 5.89. The molecule has 1 aliphatic rings. The van der Waals surface area contributed by atoms with E-state index in [1.165, 1.54) is 5.56 Å². The molecule has 3 heterocycles. The summed E-state index contributed by atoms with van der Waals surface area (Å²) in [5.74, 6) is 1.05. The normalized spacial score (nSPS) is 14.9. The van der Waals surface area contributed by atoms with E-state index in [1.807, 2.05) is 41.4 Å². The number of carbonyl (C=O) groups excluding carboxylic acids is 1. The van der Waals surface area contributed by atoms with Crippen molar-refractivity contribution in [1.82, 2.24) is 19.4 Å². The number of benzene rings is 1. The number of anilines is 1. The Balaban J connectivity index is 1.49. The highest BCUT2D eigenvalue weighted by atomic mass is 16.2. The third kappa shape index (κ3) is 2.84. The zero-order chi connectivity index (χ0) is 17.2. The number of imidazole rings is 1. The fourth-order valence-corrected chi connectivity index (χ4v) is 3.36. The second kappa shape index (κ2) is 6.55. The number of aryl methyl sites for hydroxylation is 1. The molecule has 1 fully saturated rings. The van der Waals surface area contributed by atoms with Gasteiger partial charge in [-0.25, -0.2) is 14.8 Å². The van der Waals surface area contributed by atoms with Crippen molar-refractivity contribution in [2.24, 2.45) is 0 Å². The first-order valence-corrected chi connectivity index (χ1v) is 8.68. The molecule has 0 aliphatic carbocycles. The van der Waals surface area contributed by atoms with Gasteiger partial charge in [-0.2, -0.15) is 0 Å². The van der Waals surface area contributed by atoms with Crippen LogP contribution in [0.4, 0.5) is 10.6 Å². The molecule has 6 heteroatoms. The van der Waals surface area contributed by atoms with Crippen molar-refractivity contribution >= 4 is 22.9 Å². The van der Waals surface area contributed by atoms with Crippen molar-refractivity contribution in [2.45, 2.75) is 13.3 Å². The number of hydrogen-bond acceptors (Lipinski definition) is 4. The number of amides is 1. The van der Waals surface area contributed by atoms with E-state index in [0.29, 0.717) is 13.1 Å². The molecule has 25 heavy (non-hydrogen) atoms. The first-order valence-electron chi connectivity index (χ1n) is 8.68. The molecule has 3 aromatic rings. The first-order chi connectivity index (χ1) is 12.3. The number of hydrogen-bond donors (Lipinski definition) is 0. The van der Waals surface area contributed by atoms with Crippen molar-refractivity contribution in [1.29, 1.82) is 0 Å². The summed E-state index contributed by atoms with van der Waals surface area (Å²) in [5.41, 5.74) is 2.95. The maximum Gasteiger partial charge on any atom is 0.330 e. The maximum atomic E-state index is 12.9. The second-order valence-electron chi connectivity index (χ2n) is 6.20. The third-order valence-electron chi connectivity index (χ3n) is 4.76. The zero-order valence-corrected chi connectivity index (χ0v) is 14.3. The molecule has 4 rings (SSSR count). The number of fused-ring (bicyclic) bond motifs is 1. The molecule has 0 saturated carbocycles. The van der Waals surface area contributed by atoms with E-state index in [2.05, 4.69) is 27.9 Å². The average Bonchev–Trinajstić information content (AvgIpc) is 3.11.